The van der Waals surface area contributed by atoms with Crippen LogP contribution in [0.25, 0.3) is 76.8 Å². The highest BCUT2D eigenvalue weighted by atomic mass is 15.1. The van der Waals surface area contributed by atoms with Crippen molar-refractivity contribution >= 4 is 49.4 Å². The molecule has 1 aliphatic carbocycles. The van der Waals surface area contributed by atoms with E-state index in [2.05, 4.69) is 231 Å². The van der Waals surface area contributed by atoms with Crippen LogP contribution in [0, 0.1) is 0 Å². The van der Waals surface area contributed by atoms with E-state index in [0.717, 1.165) is 17.1 Å². The molecule has 10 aromatic carbocycles. The van der Waals surface area contributed by atoms with Crippen LogP contribution < -0.4 is 4.90 Å². The molecular formula is C57H41N. The van der Waals surface area contributed by atoms with Gasteiger partial charge in [0.1, 0.15) is 0 Å². The topological polar surface area (TPSA) is 3.24 Å². The first-order valence-corrected chi connectivity index (χ1v) is 20.3. The molecule has 0 radical (unpaired) electrons. The third-order valence-corrected chi connectivity index (χ3v) is 12.5. The Balaban J connectivity index is 0.983. The lowest BCUT2D eigenvalue weighted by Gasteiger charge is -2.27. The lowest BCUT2D eigenvalue weighted by Crippen LogP contribution is -2.15. The molecule has 0 unspecified atom stereocenters. The van der Waals surface area contributed by atoms with Gasteiger partial charge in [-0.3, -0.25) is 0 Å². The van der Waals surface area contributed by atoms with Gasteiger partial charge >= 0.3 is 0 Å². The SMILES string of the molecule is CC1(C)c2ccccc2-c2cc(N(c3ccc(-c4ccc(-c5cccc6ccccc56)cc4)cc3)c3ccc(-c4cccc5c4ccc4ccccc45)cc3)ccc21. The van der Waals surface area contributed by atoms with E-state index in [9.17, 15) is 0 Å². The number of hydrogen-bond donors (Lipinski definition) is 0. The van der Waals surface area contributed by atoms with Gasteiger partial charge in [0, 0.05) is 22.5 Å². The molecule has 1 nitrogen and oxygen atoms in total. The average Bonchev–Trinajstić information content (AvgIpc) is 3.51. The van der Waals surface area contributed by atoms with Crippen molar-refractivity contribution in [1.29, 1.82) is 0 Å². The van der Waals surface area contributed by atoms with Crippen molar-refractivity contribution < 1.29 is 0 Å². The Morgan fingerprint density at radius 1 is 0.293 bits per heavy atom. The molecule has 11 rings (SSSR count). The third-order valence-electron chi connectivity index (χ3n) is 12.5. The van der Waals surface area contributed by atoms with Crippen LogP contribution in [0.15, 0.2) is 212 Å². The molecule has 0 amide bonds. The van der Waals surface area contributed by atoms with Gasteiger partial charge in [0.05, 0.1) is 0 Å². The van der Waals surface area contributed by atoms with Gasteiger partial charge in [0.2, 0.25) is 0 Å². The molecular weight excluding hydrogens is 699 g/mol. The molecule has 58 heavy (non-hydrogen) atoms. The molecule has 0 bridgehead atoms. The Morgan fingerprint density at radius 3 is 1.48 bits per heavy atom. The molecule has 0 aromatic heterocycles. The summed E-state index contributed by atoms with van der Waals surface area (Å²) in [6.45, 7) is 4.69. The Labute approximate surface area is 340 Å². The first kappa shape index (κ1) is 34.1. The number of nitrogens with zero attached hydrogens (tertiary/aromatic N) is 1. The summed E-state index contributed by atoms with van der Waals surface area (Å²) >= 11 is 0. The monoisotopic (exact) mass is 739 g/mol. The minimum absolute atomic E-state index is 0.0501. The summed E-state index contributed by atoms with van der Waals surface area (Å²) in [6.07, 6.45) is 0. The number of hydrogen-bond acceptors (Lipinski definition) is 1. The minimum atomic E-state index is -0.0501. The second-order valence-corrected chi connectivity index (χ2v) is 16.1. The number of anilines is 3. The van der Waals surface area contributed by atoms with Crippen LogP contribution in [-0.4, -0.2) is 0 Å². The summed E-state index contributed by atoms with van der Waals surface area (Å²) < 4.78 is 0. The standard InChI is InChI=1S/C57H41N/c1-57(2)55-20-8-7-16-53(55)54-37-46(34-36-56(54)57)58(45-32-27-43(28-33-45)50-18-10-19-51-49-15-6-4-12-41(49)29-35-52(50)51)44-30-25-39(26-31-44)38-21-23-42(24-22-38)48-17-9-13-40-11-3-5-14-47(40)48/h3-37H,1-2H3. The Morgan fingerprint density at radius 2 is 0.759 bits per heavy atom. The first-order chi connectivity index (χ1) is 28.5. The van der Waals surface area contributed by atoms with Crippen LogP contribution in [0.1, 0.15) is 25.0 Å². The van der Waals surface area contributed by atoms with E-state index in [4.69, 9.17) is 0 Å². The van der Waals surface area contributed by atoms with Gasteiger partial charge in [0.25, 0.3) is 0 Å². The van der Waals surface area contributed by atoms with Crippen LogP contribution in [0.2, 0.25) is 0 Å². The van der Waals surface area contributed by atoms with E-state index < -0.39 is 0 Å². The number of fused-ring (bicyclic) bond motifs is 7. The Kier molecular flexibility index (Phi) is 7.91. The van der Waals surface area contributed by atoms with Crippen LogP contribution in [0.4, 0.5) is 17.1 Å². The zero-order valence-electron chi connectivity index (χ0n) is 32.7. The molecule has 0 N–H and O–H groups in total. The Bertz CT molecular complexity index is 3160. The van der Waals surface area contributed by atoms with Crippen molar-refractivity contribution in [3.8, 4) is 44.5 Å². The summed E-state index contributed by atoms with van der Waals surface area (Å²) in [5.41, 5.74) is 16.0. The van der Waals surface area contributed by atoms with Crippen molar-refractivity contribution in [2.75, 3.05) is 4.90 Å². The van der Waals surface area contributed by atoms with Crippen molar-refractivity contribution in [2.24, 2.45) is 0 Å². The number of benzene rings is 10. The molecule has 274 valence electrons. The van der Waals surface area contributed by atoms with E-state index in [1.54, 1.807) is 0 Å². The molecule has 0 saturated carbocycles. The van der Waals surface area contributed by atoms with Crippen molar-refractivity contribution in [2.45, 2.75) is 19.3 Å². The van der Waals surface area contributed by atoms with Gasteiger partial charge in [-0.1, -0.05) is 190 Å². The van der Waals surface area contributed by atoms with Gasteiger partial charge in [-0.25, -0.2) is 0 Å². The zero-order chi connectivity index (χ0) is 38.8. The largest absolute Gasteiger partial charge is 0.310 e. The molecule has 0 saturated heterocycles. The van der Waals surface area contributed by atoms with Gasteiger partial charge in [-0.15, -0.1) is 0 Å². The fraction of sp³-hybridized carbons (Fsp3) is 0.0526. The second kappa shape index (κ2) is 13.5. The van der Waals surface area contributed by atoms with Crippen molar-refractivity contribution in [1.82, 2.24) is 0 Å². The maximum Gasteiger partial charge on any atom is 0.0468 e. The number of rotatable bonds is 6. The smallest absolute Gasteiger partial charge is 0.0468 e. The summed E-state index contributed by atoms with van der Waals surface area (Å²) in [4.78, 5) is 2.40. The van der Waals surface area contributed by atoms with Gasteiger partial charge in [0.15, 0.2) is 0 Å². The Hall–Kier alpha value is -7.22. The van der Waals surface area contributed by atoms with E-state index in [0.29, 0.717) is 0 Å². The summed E-state index contributed by atoms with van der Waals surface area (Å²) in [5.74, 6) is 0. The maximum atomic E-state index is 2.40. The first-order valence-electron chi connectivity index (χ1n) is 20.3. The highest BCUT2D eigenvalue weighted by Gasteiger charge is 2.35. The van der Waals surface area contributed by atoms with E-state index in [-0.39, 0.29) is 5.41 Å². The highest BCUT2D eigenvalue weighted by Crippen LogP contribution is 2.51. The lowest BCUT2D eigenvalue weighted by atomic mass is 9.82. The van der Waals surface area contributed by atoms with Crippen LogP contribution >= 0.6 is 0 Å². The molecule has 1 aliphatic rings. The van der Waals surface area contributed by atoms with Gasteiger partial charge in [-0.05, 0) is 124 Å². The molecule has 0 spiro atoms. The maximum absolute atomic E-state index is 2.40. The second-order valence-electron chi connectivity index (χ2n) is 16.1. The van der Waals surface area contributed by atoms with Crippen LogP contribution in [0.3, 0.4) is 0 Å². The summed E-state index contributed by atoms with van der Waals surface area (Å²) in [6, 6.07) is 78.1. The van der Waals surface area contributed by atoms with E-state index in [1.807, 2.05) is 0 Å². The van der Waals surface area contributed by atoms with E-state index >= 15 is 0 Å². The predicted molar refractivity (Wildman–Crippen MR) is 248 cm³/mol. The highest BCUT2D eigenvalue weighted by molar-refractivity contribution is 6.12. The molecule has 0 fully saturated rings. The summed E-state index contributed by atoms with van der Waals surface area (Å²) in [5, 5.41) is 7.65. The fourth-order valence-corrected chi connectivity index (χ4v) is 9.50. The normalized spacial score (nSPS) is 12.8. The van der Waals surface area contributed by atoms with E-state index in [1.165, 1.54) is 88.0 Å². The molecule has 1 heteroatoms. The summed E-state index contributed by atoms with van der Waals surface area (Å²) in [7, 11) is 0. The molecule has 0 heterocycles. The quantitative estimate of drug-likeness (QED) is 0.154. The lowest BCUT2D eigenvalue weighted by molar-refractivity contribution is 0.660. The molecule has 0 atom stereocenters. The fourth-order valence-electron chi connectivity index (χ4n) is 9.50. The zero-order valence-corrected chi connectivity index (χ0v) is 32.7. The van der Waals surface area contributed by atoms with Crippen molar-refractivity contribution in [3.05, 3.63) is 223 Å². The minimum Gasteiger partial charge on any atom is -0.310 e. The predicted octanol–water partition coefficient (Wildman–Crippen LogP) is 15.9. The average molecular weight is 740 g/mol. The van der Waals surface area contributed by atoms with Gasteiger partial charge in [-0.2, -0.15) is 0 Å². The third kappa shape index (κ3) is 5.54. The molecule has 0 aliphatic heterocycles. The van der Waals surface area contributed by atoms with Crippen molar-refractivity contribution in [3.63, 3.8) is 0 Å². The van der Waals surface area contributed by atoms with Gasteiger partial charge < -0.3 is 4.90 Å². The van der Waals surface area contributed by atoms with Crippen LogP contribution in [0.5, 0.6) is 0 Å². The molecule has 10 aromatic rings. The van der Waals surface area contributed by atoms with Crippen LogP contribution in [-0.2, 0) is 5.41 Å².